The summed E-state index contributed by atoms with van der Waals surface area (Å²) in [6.45, 7) is -5.05. The fraction of sp³-hybridized carbons (Fsp3) is 1.00. The van der Waals surface area contributed by atoms with Crippen molar-refractivity contribution in [1.82, 2.24) is 0 Å². The SMILES string of the molecule is OC[C@H]1O[C@@H](OC[C@H]2O[C@@H](OC[C@H]3O[C@@H](OC[C@H]4O[C@H](O)[C@H](O[C@@H]5O[C@H](CO)[C@@H](O)[C@H](O)[C@H]5O)[C@@H](O)[C@@H]4O)[C@H](O)[C@@H](O)[C@@H]3O)[C@H](O)[C@@H](O[C@@H]3O[C@H](CO)[C@@H](O)[C@H](O)[C@H]3O)[C@@H]2O)[C@H](O)[C@@H](O)[C@@H]1O. The molecule has 6 heterocycles. The van der Waals surface area contributed by atoms with Gasteiger partial charge in [0.15, 0.2) is 37.7 Å². The van der Waals surface area contributed by atoms with Crippen molar-refractivity contribution in [1.29, 1.82) is 0 Å². The fourth-order valence-electron chi connectivity index (χ4n) is 8.18. The molecular weight excluding hydrogens is 928 g/mol. The van der Waals surface area contributed by atoms with E-state index in [4.69, 9.17) is 52.1 Å². The van der Waals surface area contributed by atoms with Gasteiger partial charge in [-0.05, 0) is 0 Å². The maximum Gasteiger partial charge on any atom is 0.187 e. The highest BCUT2D eigenvalue weighted by Crippen LogP contribution is 2.33. The average molecular weight is 991 g/mol. The van der Waals surface area contributed by atoms with Gasteiger partial charge in [-0.25, -0.2) is 0 Å². The molecule has 0 radical (unpaired) electrons. The molecular formula is C36H62O31. The van der Waals surface area contributed by atoms with Crippen LogP contribution in [0.1, 0.15) is 0 Å². The third-order valence-corrected chi connectivity index (χ3v) is 12.4. The van der Waals surface area contributed by atoms with Crippen LogP contribution in [0.4, 0.5) is 0 Å². The molecule has 0 bridgehead atoms. The summed E-state index contributed by atoms with van der Waals surface area (Å²) in [5, 5.41) is 208. The van der Waals surface area contributed by atoms with Crippen LogP contribution in [0.15, 0.2) is 0 Å². The third-order valence-electron chi connectivity index (χ3n) is 12.4. The van der Waals surface area contributed by atoms with Gasteiger partial charge in [-0.3, -0.25) is 0 Å². The molecule has 0 amide bonds. The zero-order valence-electron chi connectivity index (χ0n) is 35.0. The lowest BCUT2D eigenvalue weighted by atomic mass is 9.96. The van der Waals surface area contributed by atoms with E-state index < -0.39 is 224 Å². The van der Waals surface area contributed by atoms with Crippen LogP contribution < -0.4 is 0 Å². The lowest BCUT2D eigenvalue weighted by molar-refractivity contribution is -0.373. The minimum absolute atomic E-state index is 0.812. The lowest BCUT2D eigenvalue weighted by Crippen LogP contribution is -2.66. The van der Waals surface area contributed by atoms with Crippen molar-refractivity contribution in [2.24, 2.45) is 0 Å². The molecule has 6 fully saturated rings. The van der Waals surface area contributed by atoms with E-state index in [1.54, 1.807) is 0 Å². The van der Waals surface area contributed by atoms with Gasteiger partial charge in [-0.15, -0.1) is 0 Å². The number of rotatable bonds is 16. The molecule has 20 N–H and O–H groups in total. The Bertz CT molecular complexity index is 1500. The maximum absolute atomic E-state index is 11.4. The Morgan fingerprint density at radius 2 is 0.537 bits per heavy atom. The molecule has 6 saturated heterocycles. The Morgan fingerprint density at radius 3 is 0.940 bits per heavy atom. The van der Waals surface area contributed by atoms with Crippen LogP contribution in [0.2, 0.25) is 0 Å². The second-order valence-corrected chi connectivity index (χ2v) is 16.9. The maximum atomic E-state index is 11.4. The molecule has 0 aromatic heterocycles. The van der Waals surface area contributed by atoms with E-state index >= 15 is 0 Å². The monoisotopic (exact) mass is 990 g/mol. The van der Waals surface area contributed by atoms with Crippen molar-refractivity contribution >= 4 is 0 Å². The summed E-state index contributed by atoms with van der Waals surface area (Å²) < 4.78 is 60.2. The van der Waals surface area contributed by atoms with E-state index in [-0.39, 0.29) is 0 Å². The summed E-state index contributed by atoms with van der Waals surface area (Å²) in [4.78, 5) is 0. The van der Waals surface area contributed by atoms with Crippen LogP contribution in [0.3, 0.4) is 0 Å². The van der Waals surface area contributed by atoms with Gasteiger partial charge < -0.3 is 154 Å². The first-order valence-electron chi connectivity index (χ1n) is 21.1. The van der Waals surface area contributed by atoms with Crippen molar-refractivity contribution in [3.63, 3.8) is 0 Å². The second kappa shape index (κ2) is 23.5. The molecule has 30 atom stereocenters. The smallest absolute Gasteiger partial charge is 0.187 e. The minimum Gasteiger partial charge on any atom is -0.394 e. The molecule has 0 aromatic carbocycles. The molecule has 392 valence electrons. The zero-order valence-corrected chi connectivity index (χ0v) is 35.0. The summed E-state index contributed by atoms with van der Waals surface area (Å²) in [5.41, 5.74) is 0. The van der Waals surface area contributed by atoms with Crippen LogP contribution in [0, 0.1) is 0 Å². The molecule has 0 aromatic rings. The second-order valence-electron chi connectivity index (χ2n) is 16.9. The molecule has 6 rings (SSSR count). The highest BCUT2D eigenvalue weighted by molar-refractivity contribution is 4.97. The number of aliphatic hydroxyl groups is 20. The minimum atomic E-state index is -2.11. The third kappa shape index (κ3) is 11.7. The van der Waals surface area contributed by atoms with E-state index in [0.717, 1.165) is 0 Å². The predicted molar refractivity (Wildman–Crippen MR) is 199 cm³/mol. The molecule has 67 heavy (non-hydrogen) atoms. The van der Waals surface area contributed by atoms with Gasteiger partial charge in [0.05, 0.1) is 39.6 Å². The van der Waals surface area contributed by atoms with E-state index in [0.29, 0.717) is 0 Å². The first-order valence-corrected chi connectivity index (χ1v) is 21.1. The number of hydrogen-bond acceptors (Lipinski definition) is 31. The molecule has 6 aliphatic heterocycles. The van der Waals surface area contributed by atoms with Crippen molar-refractivity contribution in [3.05, 3.63) is 0 Å². The molecule has 0 aliphatic carbocycles. The van der Waals surface area contributed by atoms with Crippen molar-refractivity contribution in [3.8, 4) is 0 Å². The standard InChI is InChI=1S/C36H62O31/c37-1-7-13(40)19(46)24(51)32(61-7)58-6-12-18(45)29(66-35-26(53)20(47)14(41)8(2-38)62-35)28(55)34(65-12)59-5-11-16(43)22(49)25(52)33(64-11)57-4-10-17(44)23(50)30(31(56)60-10)67-36-27(54)21(48)15(42)9(3-39)63-36/h7-56H,1-6H2/t7-,8-,9-,10-,11-,12-,13-,14-,15-,16-,17-,18-,19+,20+,21+,22+,23+,24-,25-,26-,27-,28-,29+,30-,31+,32-,33-,34-,35+,36+/m1/s1. The van der Waals surface area contributed by atoms with Gasteiger partial charge in [-0.1, -0.05) is 0 Å². The molecule has 31 nitrogen and oxygen atoms in total. The van der Waals surface area contributed by atoms with Crippen LogP contribution in [-0.4, -0.2) is 326 Å². The quantitative estimate of drug-likeness (QED) is 0.0683. The molecule has 0 saturated carbocycles. The van der Waals surface area contributed by atoms with Crippen LogP contribution in [-0.2, 0) is 52.1 Å². The van der Waals surface area contributed by atoms with Crippen LogP contribution in [0.25, 0.3) is 0 Å². The number of hydrogen-bond donors (Lipinski definition) is 20. The van der Waals surface area contributed by atoms with Crippen LogP contribution >= 0.6 is 0 Å². The highest BCUT2D eigenvalue weighted by atomic mass is 16.8. The number of aliphatic hydroxyl groups excluding tert-OH is 20. The van der Waals surface area contributed by atoms with Crippen molar-refractivity contribution < 1.29 is 154 Å². The van der Waals surface area contributed by atoms with Gasteiger partial charge in [0.25, 0.3) is 0 Å². The Balaban J connectivity index is 1.10. The van der Waals surface area contributed by atoms with Gasteiger partial charge in [-0.2, -0.15) is 0 Å². The van der Waals surface area contributed by atoms with Gasteiger partial charge in [0.2, 0.25) is 0 Å². The average Bonchev–Trinajstić information content (AvgIpc) is 3.31. The Hall–Kier alpha value is -1.24. The first kappa shape index (κ1) is 55.1. The summed E-state index contributed by atoms with van der Waals surface area (Å²) in [7, 11) is 0. The Labute approximate surface area is 378 Å². The number of ether oxygens (including phenoxy) is 11. The summed E-state index contributed by atoms with van der Waals surface area (Å²) >= 11 is 0. The van der Waals surface area contributed by atoms with E-state index in [1.165, 1.54) is 0 Å². The normalized spacial score (nSPS) is 53.4. The lowest BCUT2D eigenvalue weighted by Gasteiger charge is -2.47. The largest absolute Gasteiger partial charge is 0.394 e. The van der Waals surface area contributed by atoms with E-state index in [9.17, 15) is 102 Å². The predicted octanol–water partition coefficient (Wildman–Crippen LogP) is -14.1. The fourth-order valence-corrected chi connectivity index (χ4v) is 8.18. The zero-order chi connectivity index (χ0) is 49.3. The van der Waals surface area contributed by atoms with E-state index in [2.05, 4.69) is 0 Å². The first-order chi connectivity index (χ1) is 31.6. The van der Waals surface area contributed by atoms with Crippen molar-refractivity contribution in [2.75, 3.05) is 39.6 Å². The molecule has 0 unspecified atom stereocenters. The van der Waals surface area contributed by atoms with Crippen molar-refractivity contribution in [2.45, 2.75) is 184 Å². The van der Waals surface area contributed by atoms with E-state index in [1.807, 2.05) is 0 Å². The van der Waals surface area contributed by atoms with Gasteiger partial charge in [0.1, 0.15) is 146 Å². The molecule has 6 aliphatic rings. The Morgan fingerprint density at radius 1 is 0.254 bits per heavy atom. The van der Waals surface area contributed by atoms with Gasteiger partial charge >= 0.3 is 0 Å². The summed E-state index contributed by atoms with van der Waals surface area (Å²) in [5.74, 6) is 0. The Kier molecular flexibility index (Phi) is 19.4. The molecule has 0 spiro atoms. The summed E-state index contributed by atoms with van der Waals surface area (Å²) in [6.07, 6.45) is -55.9. The van der Waals surface area contributed by atoms with Gasteiger partial charge in [0, 0.05) is 0 Å². The molecule has 31 heteroatoms. The van der Waals surface area contributed by atoms with Crippen LogP contribution in [0.5, 0.6) is 0 Å². The topological polar surface area (TPSA) is 506 Å². The summed E-state index contributed by atoms with van der Waals surface area (Å²) in [6, 6.07) is 0. The highest BCUT2D eigenvalue weighted by Gasteiger charge is 2.55.